The van der Waals surface area contributed by atoms with Gasteiger partial charge in [0.2, 0.25) is 0 Å². The van der Waals surface area contributed by atoms with Gasteiger partial charge in [-0.1, -0.05) is 18.2 Å². The molecule has 1 unspecified atom stereocenters. The van der Waals surface area contributed by atoms with Gasteiger partial charge in [0.1, 0.15) is 6.10 Å². The van der Waals surface area contributed by atoms with E-state index < -0.39 is 0 Å². The molecule has 0 saturated heterocycles. The maximum absolute atomic E-state index is 11.1. The van der Waals surface area contributed by atoms with Crippen molar-refractivity contribution in [2.45, 2.75) is 32.3 Å². The Labute approximate surface area is 111 Å². The normalized spacial score (nSPS) is 18.1. The fraction of sp³-hybridized carbons (Fsp3) is 0.333. The molecule has 0 spiro atoms. The van der Waals surface area contributed by atoms with Crippen molar-refractivity contribution < 1.29 is 9.53 Å². The van der Waals surface area contributed by atoms with Crippen molar-refractivity contribution in [1.29, 1.82) is 0 Å². The number of nitrogen functional groups attached to an aromatic ring is 1. The van der Waals surface area contributed by atoms with Crippen LogP contribution in [0.25, 0.3) is 10.9 Å². The molecule has 1 aromatic heterocycles. The Morgan fingerprint density at radius 2 is 2.21 bits per heavy atom. The molecule has 0 aliphatic heterocycles. The number of anilines is 1. The molecular formula is C15H16N2O2. The fourth-order valence-electron chi connectivity index (χ4n) is 2.73. The van der Waals surface area contributed by atoms with Gasteiger partial charge in [-0.15, -0.1) is 0 Å². The van der Waals surface area contributed by atoms with Crippen molar-refractivity contribution in [3.8, 4) is 0 Å². The average Bonchev–Trinajstić information content (AvgIpc) is 2.39. The third kappa shape index (κ3) is 2.14. The lowest BCUT2D eigenvalue weighted by molar-refractivity contribution is -0.146. The van der Waals surface area contributed by atoms with E-state index in [4.69, 9.17) is 10.5 Å². The summed E-state index contributed by atoms with van der Waals surface area (Å²) in [6.45, 7) is 1.44. The minimum absolute atomic E-state index is 0.0738. The number of aryl methyl sites for hydroxylation is 1. The van der Waals surface area contributed by atoms with Crippen LogP contribution < -0.4 is 5.73 Å². The summed E-state index contributed by atoms with van der Waals surface area (Å²) in [5.74, 6) is -0.235. The maximum Gasteiger partial charge on any atom is 0.302 e. The van der Waals surface area contributed by atoms with E-state index in [9.17, 15) is 4.79 Å². The van der Waals surface area contributed by atoms with E-state index >= 15 is 0 Å². The smallest absolute Gasteiger partial charge is 0.302 e. The van der Waals surface area contributed by atoms with Crippen molar-refractivity contribution >= 4 is 22.6 Å². The van der Waals surface area contributed by atoms with Crippen LogP contribution in [0.2, 0.25) is 0 Å². The van der Waals surface area contributed by atoms with Crippen molar-refractivity contribution in [2.75, 3.05) is 5.73 Å². The summed E-state index contributed by atoms with van der Waals surface area (Å²) in [4.78, 5) is 15.7. The summed E-state index contributed by atoms with van der Waals surface area (Å²) >= 11 is 0. The zero-order chi connectivity index (χ0) is 13.4. The van der Waals surface area contributed by atoms with Crippen LogP contribution in [0.3, 0.4) is 0 Å². The first-order valence-corrected chi connectivity index (χ1v) is 6.48. The summed E-state index contributed by atoms with van der Waals surface area (Å²) in [5.41, 5.74) is 10.0. The molecule has 3 rings (SSSR count). The largest absolute Gasteiger partial charge is 0.462 e. The molecule has 1 aliphatic rings. The van der Waals surface area contributed by atoms with E-state index in [0.717, 1.165) is 40.7 Å². The predicted molar refractivity (Wildman–Crippen MR) is 73.7 cm³/mol. The number of carbonyl (C=O) groups excluding carboxylic acids is 1. The lowest BCUT2D eigenvalue weighted by Gasteiger charge is -2.25. The highest BCUT2D eigenvalue weighted by molar-refractivity contribution is 5.92. The van der Waals surface area contributed by atoms with E-state index in [0.29, 0.717) is 6.42 Å². The van der Waals surface area contributed by atoms with Gasteiger partial charge in [-0.25, -0.2) is 0 Å². The molecule has 0 amide bonds. The highest BCUT2D eigenvalue weighted by Gasteiger charge is 2.24. The van der Waals surface area contributed by atoms with Crippen LogP contribution in [0.15, 0.2) is 24.3 Å². The first-order valence-electron chi connectivity index (χ1n) is 6.48. The highest BCUT2D eigenvalue weighted by Crippen LogP contribution is 2.31. The van der Waals surface area contributed by atoms with Crippen molar-refractivity contribution in [3.05, 3.63) is 35.5 Å². The lowest BCUT2D eigenvalue weighted by atomic mass is 9.91. The average molecular weight is 256 g/mol. The molecule has 2 aromatic rings. The Balaban J connectivity index is 2.04. The molecule has 0 saturated carbocycles. The number of carbonyl (C=O) groups is 1. The van der Waals surface area contributed by atoms with Gasteiger partial charge < -0.3 is 10.5 Å². The summed E-state index contributed by atoms with van der Waals surface area (Å²) in [6, 6.07) is 7.88. The zero-order valence-electron chi connectivity index (χ0n) is 10.8. The number of fused-ring (bicyclic) bond motifs is 2. The van der Waals surface area contributed by atoms with E-state index in [1.54, 1.807) is 0 Å². The van der Waals surface area contributed by atoms with Crippen LogP contribution in [0, 0.1) is 0 Å². The van der Waals surface area contributed by atoms with Crippen LogP contribution in [-0.2, 0) is 22.4 Å². The van der Waals surface area contributed by atoms with Gasteiger partial charge in [0.25, 0.3) is 0 Å². The van der Waals surface area contributed by atoms with Gasteiger partial charge in [0.15, 0.2) is 0 Å². The number of esters is 1. The number of pyridine rings is 1. The standard InChI is InChI=1S/C15H16N2O2/c1-9(18)19-10-6-7-14-12(8-10)15(16)11-4-2-3-5-13(11)17-14/h2-5,10H,6-8H2,1H3,(H2,16,17). The first-order chi connectivity index (χ1) is 9.15. The topological polar surface area (TPSA) is 65.2 Å². The van der Waals surface area contributed by atoms with Crippen LogP contribution in [0.5, 0.6) is 0 Å². The van der Waals surface area contributed by atoms with E-state index in [2.05, 4.69) is 4.98 Å². The number of nitrogens with two attached hydrogens (primary N) is 1. The van der Waals surface area contributed by atoms with Gasteiger partial charge in [0.05, 0.1) is 5.52 Å². The number of ether oxygens (including phenoxy) is 1. The molecule has 98 valence electrons. The second kappa shape index (κ2) is 4.53. The summed E-state index contributed by atoms with van der Waals surface area (Å²) in [5, 5.41) is 0.977. The SMILES string of the molecule is CC(=O)OC1CCc2nc3ccccc3c(N)c2C1. The summed E-state index contributed by atoms with van der Waals surface area (Å²) in [6.07, 6.45) is 2.22. The Morgan fingerprint density at radius 1 is 1.42 bits per heavy atom. The summed E-state index contributed by atoms with van der Waals surface area (Å²) in [7, 11) is 0. The number of para-hydroxylation sites is 1. The van der Waals surface area contributed by atoms with Crippen LogP contribution >= 0.6 is 0 Å². The quantitative estimate of drug-likeness (QED) is 0.795. The van der Waals surface area contributed by atoms with Crippen LogP contribution in [-0.4, -0.2) is 17.1 Å². The molecule has 4 nitrogen and oxygen atoms in total. The highest BCUT2D eigenvalue weighted by atomic mass is 16.5. The van der Waals surface area contributed by atoms with E-state index in [1.165, 1.54) is 6.92 Å². The van der Waals surface area contributed by atoms with Gasteiger partial charge in [-0.2, -0.15) is 0 Å². The number of hydrogen-bond donors (Lipinski definition) is 1. The lowest BCUT2D eigenvalue weighted by Crippen LogP contribution is -2.26. The van der Waals surface area contributed by atoms with Crippen molar-refractivity contribution in [3.63, 3.8) is 0 Å². The Morgan fingerprint density at radius 3 is 3.00 bits per heavy atom. The monoisotopic (exact) mass is 256 g/mol. The van der Waals surface area contributed by atoms with E-state index in [1.807, 2.05) is 24.3 Å². The fourth-order valence-corrected chi connectivity index (χ4v) is 2.73. The first kappa shape index (κ1) is 12.0. The Bertz CT molecular complexity index is 652. The number of nitrogens with zero attached hydrogens (tertiary/aromatic N) is 1. The summed E-state index contributed by atoms with van der Waals surface area (Å²) < 4.78 is 5.29. The maximum atomic E-state index is 11.1. The number of hydrogen-bond acceptors (Lipinski definition) is 4. The minimum Gasteiger partial charge on any atom is -0.462 e. The second-order valence-electron chi connectivity index (χ2n) is 4.94. The van der Waals surface area contributed by atoms with Crippen LogP contribution in [0.4, 0.5) is 5.69 Å². The molecule has 0 fully saturated rings. The Kier molecular flexibility index (Phi) is 2.85. The predicted octanol–water partition coefficient (Wildman–Crippen LogP) is 2.24. The van der Waals surface area contributed by atoms with Gasteiger partial charge in [0, 0.05) is 35.7 Å². The van der Waals surface area contributed by atoms with Crippen LogP contribution in [0.1, 0.15) is 24.6 Å². The molecular weight excluding hydrogens is 240 g/mol. The zero-order valence-corrected chi connectivity index (χ0v) is 10.8. The Hall–Kier alpha value is -2.10. The number of rotatable bonds is 1. The van der Waals surface area contributed by atoms with Gasteiger partial charge in [-0.3, -0.25) is 9.78 Å². The second-order valence-corrected chi connectivity index (χ2v) is 4.94. The minimum atomic E-state index is -0.235. The van der Waals surface area contributed by atoms with E-state index in [-0.39, 0.29) is 12.1 Å². The molecule has 19 heavy (non-hydrogen) atoms. The van der Waals surface area contributed by atoms with Crippen molar-refractivity contribution in [2.24, 2.45) is 0 Å². The molecule has 1 atom stereocenters. The van der Waals surface area contributed by atoms with Gasteiger partial charge in [-0.05, 0) is 18.9 Å². The van der Waals surface area contributed by atoms with Gasteiger partial charge >= 0.3 is 5.97 Å². The third-order valence-electron chi connectivity index (χ3n) is 3.59. The molecule has 2 N–H and O–H groups in total. The molecule has 0 radical (unpaired) electrons. The molecule has 1 aliphatic carbocycles. The third-order valence-corrected chi connectivity index (χ3v) is 3.59. The molecule has 0 bridgehead atoms. The number of aromatic nitrogens is 1. The molecule has 4 heteroatoms. The number of benzene rings is 1. The molecule has 1 aromatic carbocycles. The molecule has 1 heterocycles. The van der Waals surface area contributed by atoms with Crippen molar-refractivity contribution in [1.82, 2.24) is 4.98 Å².